The molecule has 0 saturated carbocycles. The Balaban J connectivity index is 1.72. The van der Waals surface area contributed by atoms with Gasteiger partial charge in [0.2, 0.25) is 11.0 Å². The van der Waals surface area contributed by atoms with Gasteiger partial charge in [-0.15, -0.1) is 10.2 Å². The third-order valence-corrected chi connectivity index (χ3v) is 4.90. The van der Waals surface area contributed by atoms with Gasteiger partial charge in [0, 0.05) is 18.7 Å². The number of likely N-dealkylation sites (tertiary alicyclic amines) is 1. The average Bonchev–Trinajstić information content (AvgIpc) is 3.15. The van der Waals surface area contributed by atoms with E-state index in [9.17, 15) is 4.79 Å². The molecule has 0 radical (unpaired) electrons. The molecule has 0 spiro atoms. The summed E-state index contributed by atoms with van der Waals surface area (Å²) in [5.74, 6) is -0.0821. The summed E-state index contributed by atoms with van der Waals surface area (Å²) in [4.78, 5) is 14.3. The van der Waals surface area contributed by atoms with Crippen LogP contribution in [0.3, 0.4) is 0 Å². The van der Waals surface area contributed by atoms with Gasteiger partial charge in [-0.2, -0.15) is 5.10 Å². The van der Waals surface area contributed by atoms with Crippen LogP contribution in [0.2, 0.25) is 5.15 Å². The number of hydrogen-bond donors (Lipinski definition) is 1. The fraction of sp³-hybridized carbons (Fsp3) is 0.538. The van der Waals surface area contributed by atoms with Crippen molar-refractivity contribution in [1.29, 1.82) is 0 Å². The second kappa shape index (κ2) is 6.31. The van der Waals surface area contributed by atoms with Gasteiger partial charge in [0.15, 0.2) is 0 Å². The summed E-state index contributed by atoms with van der Waals surface area (Å²) in [6.07, 6.45) is 2.03. The Hall–Kier alpha value is -1.51. The van der Waals surface area contributed by atoms with Crippen molar-refractivity contribution in [3.63, 3.8) is 0 Å². The fourth-order valence-electron chi connectivity index (χ4n) is 2.94. The highest BCUT2D eigenvalue weighted by atomic mass is 35.5. The van der Waals surface area contributed by atoms with E-state index in [0.29, 0.717) is 16.8 Å². The van der Waals surface area contributed by atoms with E-state index in [1.54, 1.807) is 10.2 Å². The monoisotopic (exact) mass is 340 g/mol. The smallest absolute Gasteiger partial charge is 0.240 e. The van der Waals surface area contributed by atoms with Crippen LogP contribution in [0.25, 0.3) is 0 Å². The molecule has 7 nitrogen and oxygen atoms in total. The Morgan fingerprint density at radius 3 is 3.05 bits per heavy atom. The number of hydrogen-bond acceptors (Lipinski definition) is 6. The number of rotatable bonds is 4. The summed E-state index contributed by atoms with van der Waals surface area (Å²) in [7, 11) is 1.83. The molecule has 2 aromatic rings. The zero-order valence-corrected chi connectivity index (χ0v) is 14.0. The van der Waals surface area contributed by atoms with Gasteiger partial charge in [-0.1, -0.05) is 22.9 Å². The highest BCUT2D eigenvalue weighted by molar-refractivity contribution is 7.13. The van der Waals surface area contributed by atoms with E-state index < -0.39 is 0 Å². The van der Waals surface area contributed by atoms with Crippen LogP contribution in [0.15, 0.2) is 5.51 Å². The van der Waals surface area contributed by atoms with Crippen LogP contribution in [0.1, 0.15) is 30.1 Å². The molecule has 1 aliphatic heterocycles. The van der Waals surface area contributed by atoms with E-state index >= 15 is 0 Å². The fourth-order valence-corrected chi connectivity index (χ4v) is 3.70. The Morgan fingerprint density at radius 2 is 2.41 bits per heavy atom. The van der Waals surface area contributed by atoms with Crippen LogP contribution in [-0.2, 0) is 11.8 Å². The van der Waals surface area contributed by atoms with Crippen LogP contribution < -0.4 is 5.32 Å². The van der Waals surface area contributed by atoms with Gasteiger partial charge >= 0.3 is 0 Å². The van der Waals surface area contributed by atoms with Crippen molar-refractivity contribution in [2.24, 2.45) is 7.05 Å². The van der Waals surface area contributed by atoms with Gasteiger partial charge in [0.25, 0.3) is 0 Å². The lowest BCUT2D eigenvalue weighted by molar-refractivity contribution is -0.117. The van der Waals surface area contributed by atoms with Crippen LogP contribution in [0, 0.1) is 6.92 Å². The van der Waals surface area contributed by atoms with Crippen molar-refractivity contribution < 1.29 is 4.79 Å². The molecular formula is C13H17ClN6OS. The lowest BCUT2D eigenvalue weighted by Gasteiger charge is -2.23. The molecule has 1 atom stereocenters. The first-order chi connectivity index (χ1) is 10.6. The molecule has 3 heterocycles. The summed E-state index contributed by atoms with van der Waals surface area (Å²) in [6, 6.07) is 0.140. The Labute approximate surface area is 137 Å². The van der Waals surface area contributed by atoms with Crippen molar-refractivity contribution in [1.82, 2.24) is 24.9 Å². The summed E-state index contributed by atoms with van der Waals surface area (Å²) < 4.78 is 1.68. The average molecular weight is 341 g/mol. The van der Waals surface area contributed by atoms with Crippen molar-refractivity contribution in [3.8, 4) is 0 Å². The number of halogens is 1. The third-order valence-electron chi connectivity index (χ3n) is 3.85. The van der Waals surface area contributed by atoms with E-state index in [-0.39, 0.29) is 11.9 Å². The van der Waals surface area contributed by atoms with Crippen LogP contribution in [0.4, 0.5) is 5.13 Å². The molecule has 22 heavy (non-hydrogen) atoms. The molecule has 0 unspecified atom stereocenters. The van der Waals surface area contributed by atoms with Gasteiger partial charge in [-0.3, -0.25) is 19.7 Å². The van der Waals surface area contributed by atoms with E-state index in [1.807, 2.05) is 14.0 Å². The number of carbonyl (C=O) groups is 1. The topological polar surface area (TPSA) is 75.9 Å². The first-order valence-corrected chi connectivity index (χ1v) is 8.31. The van der Waals surface area contributed by atoms with E-state index in [0.717, 1.165) is 30.6 Å². The third kappa shape index (κ3) is 2.99. The summed E-state index contributed by atoms with van der Waals surface area (Å²) in [6.45, 7) is 3.15. The number of aryl methyl sites for hydroxylation is 2. The molecule has 9 heteroatoms. The van der Waals surface area contributed by atoms with Gasteiger partial charge in [0.1, 0.15) is 10.7 Å². The van der Waals surface area contributed by atoms with Gasteiger partial charge in [0.05, 0.1) is 12.2 Å². The first kappa shape index (κ1) is 15.4. The number of nitrogens with one attached hydrogen (secondary N) is 1. The van der Waals surface area contributed by atoms with E-state index in [2.05, 4.69) is 25.5 Å². The maximum atomic E-state index is 12.2. The van der Waals surface area contributed by atoms with Gasteiger partial charge in [-0.05, 0) is 26.3 Å². The largest absolute Gasteiger partial charge is 0.299 e. The highest BCUT2D eigenvalue weighted by Gasteiger charge is 2.32. The number of amides is 1. The van der Waals surface area contributed by atoms with Crippen molar-refractivity contribution >= 4 is 34.0 Å². The minimum atomic E-state index is -0.0821. The SMILES string of the molecule is Cc1nn(C)c(Cl)c1[C@@H]1CCCN1CC(=O)Nc1nncs1. The predicted octanol–water partition coefficient (Wildman–Crippen LogP) is 2.01. The van der Waals surface area contributed by atoms with Crippen molar-refractivity contribution in [3.05, 3.63) is 21.9 Å². The maximum absolute atomic E-state index is 12.2. The summed E-state index contributed by atoms with van der Waals surface area (Å²) >= 11 is 7.68. The Kier molecular flexibility index (Phi) is 4.42. The zero-order chi connectivity index (χ0) is 15.7. The van der Waals surface area contributed by atoms with Gasteiger partial charge < -0.3 is 0 Å². The quantitative estimate of drug-likeness (QED) is 0.921. The minimum absolute atomic E-state index is 0.0821. The highest BCUT2D eigenvalue weighted by Crippen LogP contribution is 2.37. The second-order valence-electron chi connectivity index (χ2n) is 5.33. The summed E-state index contributed by atoms with van der Waals surface area (Å²) in [5.41, 5.74) is 3.55. The molecular weight excluding hydrogens is 324 g/mol. The van der Waals surface area contributed by atoms with Crippen LogP contribution in [0.5, 0.6) is 0 Å². The van der Waals surface area contributed by atoms with E-state index in [4.69, 9.17) is 11.6 Å². The van der Waals surface area contributed by atoms with E-state index in [1.165, 1.54) is 11.3 Å². The van der Waals surface area contributed by atoms with Crippen molar-refractivity contribution in [2.45, 2.75) is 25.8 Å². The van der Waals surface area contributed by atoms with Crippen LogP contribution in [-0.4, -0.2) is 43.9 Å². The molecule has 1 N–H and O–H groups in total. The molecule has 118 valence electrons. The summed E-state index contributed by atoms with van der Waals surface area (Å²) in [5, 5.41) is 15.8. The zero-order valence-electron chi connectivity index (χ0n) is 12.4. The first-order valence-electron chi connectivity index (χ1n) is 7.05. The number of nitrogens with zero attached hydrogens (tertiary/aromatic N) is 5. The number of aromatic nitrogens is 4. The lowest BCUT2D eigenvalue weighted by Crippen LogP contribution is -2.33. The molecule has 1 amide bonds. The molecule has 0 aliphatic carbocycles. The lowest BCUT2D eigenvalue weighted by atomic mass is 10.1. The molecule has 1 fully saturated rings. The predicted molar refractivity (Wildman–Crippen MR) is 85.0 cm³/mol. The minimum Gasteiger partial charge on any atom is -0.299 e. The normalized spacial score (nSPS) is 18.8. The molecule has 3 rings (SSSR count). The molecule has 2 aromatic heterocycles. The Bertz CT molecular complexity index is 670. The molecule has 0 bridgehead atoms. The maximum Gasteiger partial charge on any atom is 0.240 e. The number of carbonyl (C=O) groups excluding carboxylic acids is 1. The van der Waals surface area contributed by atoms with Crippen LogP contribution >= 0.6 is 22.9 Å². The van der Waals surface area contributed by atoms with Crippen molar-refractivity contribution in [2.75, 3.05) is 18.4 Å². The molecule has 1 saturated heterocycles. The standard InChI is InChI=1S/C13H17ClN6OS/c1-8-11(12(14)19(2)18-8)9-4-3-5-20(9)6-10(21)16-13-17-15-7-22-13/h7,9H,3-6H2,1-2H3,(H,16,17,21)/t9-/m0/s1. The second-order valence-corrected chi connectivity index (χ2v) is 6.53. The number of anilines is 1. The van der Waals surface area contributed by atoms with Gasteiger partial charge in [-0.25, -0.2) is 0 Å². The Morgan fingerprint density at radius 1 is 1.59 bits per heavy atom. The molecule has 1 aliphatic rings. The molecule has 0 aromatic carbocycles.